The number of nitrogens with zero attached hydrogens (tertiary/aromatic N) is 3. The number of hydrogen-bond donors (Lipinski definition) is 0. The number of hydrogen-bond acceptors (Lipinski definition) is 3. The molecule has 0 aliphatic heterocycles. The average molecular weight is 343 g/mol. The molecule has 4 radical (unpaired) electrons. The monoisotopic (exact) mass is 343 g/mol. The van der Waals surface area contributed by atoms with Crippen molar-refractivity contribution in [3.05, 3.63) is 78.6 Å². The van der Waals surface area contributed by atoms with E-state index in [9.17, 15) is 0 Å². The van der Waals surface area contributed by atoms with Gasteiger partial charge in [-0.25, -0.2) is 15.0 Å². The predicted molar refractivity (Wildman–Crippen MR) is 112 cm³/mol. The van der Waals surface area contributed by atoms with Crippen molar-refractivity contribution < 1.29 is 0 Å². The number of rotatable bonds is 3. The Morgan fingerprint density at radius 2 is 1.07 bits per heavy atom. The Morgan fingerprint density at radius 3 is 1.70 bits per heavy atom. The molecular weight excluding hydrogens is 328 g/mol. The van der Waals surface area contributed by atoms with Crippen LogP contribution in [0.15, 0.2) is 72.8 Å². The van der Waals surface area contributed by atoms with Gasteiger partial charge in [0.25, 0.3) is 0 Å². The predicted octanol–water partition coefficient (Wildman–Crippen LogP) is 2.77. The van der Waals surface area contributed by atoms with Gasteiger partial charge in [-0.2, -0.15) is 0 Å². The Labute approximate surface area is 161 Å². The van der Waals surface area contributed by atoms with Gasteiger partial charge >= 0.3 is 0 Å². The Balaban J connectivity index is 1.73. The highest BCUT2D eigenvalue weighted by atomic mass is 15.0. The van der Waals surface area contributed by atoms with Gasteiger partial charge in [-0.15, -0.1) is 0 Å². The second kappa shape index (κ2) is 7.20. The van der Waals surface area contributed by atoms with Crippen LogP contribution in [0.1, 0.15) is 5.82 Å². The highest BCUT2D eigenvalue weighted by Gasteiger charge is 2.09. The molecule has 0 N–H and O–H groups in total. The van der Waals surface area contributed by atoms with Crippen LogP contribution in [0.2, 0.25) is 0 Å². The molecule has 4 aromatic rings. The molecule has 3 nitrogen and oxygen atoms in total. The fraction of sp³-hybridized carbons (Fsp3) is 0.0455. The van der Waals surface area contributed by atoms with Crippen LogP contribution < -0.4 is 10.9 Å². The molecule has 0 spiro atoms. The SMILES string of the molecule is [B]c1cc([B])cc(-c2nc(C)nc(-c3ccc(-c4ccccc4)cc3)n2)c1. The molecule has 0 unspecified atom stereocenters. The van der Waals surface area contributed by atoms with E-state index in [-0.39, 0.29) is 0 Å². The van der Waals surface area contributed by atoms with Crippen molar-refractivity contribution in [3.63, 3.8) is 0 Å². The second-order valence-corrected chi connectivity index (χ2v) is 6.36. The molecule has 0 bridgehead atoms. The molecule has 0 aliphatic rings. The summed E-state index contributed by atoms with van der Waals surface area (Å²) in [7, 11) is 11.8. The average Bonchev–Trinajstić information content (AvgIpc) is 2.67. The van der Waals surface area contributed by atoms with E-state index in [0.717, 1.165) is 16.7 Å². The van der Waals surface area contributed by atoms with Gasteiger partial charge in [-0.3, -0.25) is 0 Å². The summed E-state index contributed by atoms with van der Waals surface area (Å²) in [6.45, 7) is 1.85. The van der Waals surface area contributed by atoms with E-state index in [4.69, 9.17) is 15.7 Å². The van der Waals surface area contributed by atoms with Gasteiger partial charge in [0, 0.05) is 11.1 Å². The zero-order chi connectivity index (χ0) is 18.8. The molecule has 0 amide bonds. The minimum Gasteiger partial charge on any atom is -0.213 e. The first-order chi connectivity index (χ1) is 13.1. The molecule has 1 heterocycles. The van der Waals surface area contributed by atoms with Crippen LogP contribution in [-0.4, -0.2) is 30.6 Å². The Bertz CT molecular complexity index is 1070. The summed E-state index contributed by atoms with van der Waals surface area (Å²) in [6, 6.07) is 23.8. The van der Waals surface area contributed by atoms with Gasteiger partial charge in [0.2, 0.25) is 0 Å². The summed E-state index contributed by atoms with van der Waals surface area (Å²) in [5, 5.41) is 0. The molecule has 0 saturated heterocycles. The Hall–Kier alpha value is -3.20. The zero-order valence-corrected chi connectivity index (χ0v) is 14.9. The third-order valence-corrected chi connectivity index (χ3v) is 4.23. The lowest BCUT2D eigenvalue weighted by atomic mass is 9.85. The molecule has 5 heteroatoms. The normalized spacial score (nSPS) is 10.7. The molecule has 4 rings (SSSR count). The van der Waals surface area contributed by atoms with Crippen molar-refractivity contribution in [2.45, 2.75) is 6.92 Å². The maximum absolute atomic E-state index is 5.90. The van der Waals surface area contributed by atoms with Gasteiger partial charge < -0.3 is 0 Å². The fourth-order valence-electron chi connectivity index (χ4n) is 2.99. The van der Waals surface area contributed by atoms with E-state index in [2.05, 4.69) is 39.2 Å². The highest BCUT2D eigenvalue weighted by molar-refractivity contribution is 6.38. The lowest BCUT2D eigenvalue weighted by Gasteiger charge is -2.08. The standard InChI is InChI=1S/C22H15B2N3/c1-14-25-21(27-22(26-14)18-11-19(23)13-20(24)12-18)17-9-7-16(8-10-17)15-5-3-2-4-6-15/h2-13H,1H3. The molecule has 1 aromatic heterocycles. The smallest absolute Gasteiger partial charge is 0.163 e. The first-order valence-electron chi connectivity index (χ1n) is 8.63. The van der Waals surface area contributed by atoms with Crippen molar-refractivity contribution >= 4 is 26.6 Å². The van der Waals surface area contributed by atoms with Gasteiger partial charge in [-0.05, 0) is 18.1 Å². The van der Waals surface area contributed by atoms with Gasteiger partial charge in [0.1, 0.15) is 21.5 Å². The molecule has 124 valence electrons. The summed E-state index contributed by atoms with van der Waals surface area (Å²) in [5.41, 5.74) is 5.19. The molecule has 0 aliphatic carbocycles. The number of aryl methyl sites for hydroxylation is 1. The minimum absolute atomic E-state index is 0.559. The van der Waals surface area contributed by atoms with Gasteiger partial charge in [0.15, 0.2) is 11.6 Å². The van der Waals surface area contributed by atoms with Crippen molar-refractivity contribution in [3.8, 4) is 33.9 Å². The molecule has 27 heavy (non-hydrogen) atoms. The summed E-state index contributed by atoms with van der Waals surface area (Å²) in [4.78, 5) is 13.6. The second-order valence-electron chi connectivity index (χ2n) is 6.36. The van der Waals surface area contributed by atoms with Gasteiger partial charge in [-0.1, -0.05) is 83.7 Å². The van der Waals surface area contributed by atoms with Crippen molar-refractivity contribution in [1.82, 2.24) is 15.0 Å². The Kier molecular flexibility index (Phi) is 4.59. The molecule has 0 fully saturated rings. The van der Waals surface area contributed by atoms with Crippen molar-refractivity contribution in [1.29, 1.82) is 0 Å². The molecule has 0 atom stereocenters. The molecule has 0 saturated carbocycles. The number of benzene rings is 3. The maximum atomic E-state index is 5.90. The third-order valence-electron chi connectivity index (χ3n) is 4.23. The summed E-state index contributed by atoms with van der Waals surface area (Å²) < 4.78 is 0. The van der Waals surface area contributed by atoms with E-state index in [0.29, 0.717) is 28.4 Å². The van der Waals surface area contributed by atoms with Crippen molar-refractivity contribution in [2.24, 2.45) is 0 Å². The summed E-state index contributed by atoms with van der Waals surface area (Å²) in [6.07, 6.45) is 0. The summed E-state index contributed by atoms with van der Waals surface area (Å²) >= 11 is 0. The molecule has 3 aromatic carbocycles. The van der Waals surface area contributed by atoms with Crippen LogP contribution in [0, 0.1) is 6.92 Å². The first kappa shape index (κ1) is 17.2. The van der Waals surface area contributed by atoms with E-state index in [1.807, 2.05) is 49.4 Å². The van der Waals surface area contributed by atoms with Crippen LogP contribution in [0.5, 0.6) is 0 Å². The lowest BCUT2D eigenvalue weighted by Crippen LogP contribution is -2.14. The highest BCUT2D eigenvalue weighted by Crippen LogP contribution is 2.24. The van der Waals surface area contributed by atoms with E-state index >= 15 is 0 Å². The fourth-order valence-corrected chi connectivity index (χ4v) is 2.99. The van der Waals surface area contributed by atoms with Gasteiger partial charge in [0.05, 0.1) is 0 Å². The minimum atomic E-state index is 0.559. The topological polar surface area (TPSA) is 38.7 Å². The quantitative estimate of drug-likeness (QED) is 0.537. The van der Waals surface area contributed by atoms with E-state index in [1.54, 1.807) is 6.07 Å². The van der Waals surface area contributed by atoms with Crippen LogP contribution >= 0.6 is 0 Å². The van der Waals surface area contributed by atoms with Crippen LogP contribution in [-0.2, 0) is 0 Å². The zero-order valence-electron chi connectivity index (χ0n) is 14.9. The van der Waals surface area contributed by atoms with Crippen LogP contribution in [0.3, 0.4) is 0 Å². The van der Waals surface area contributed by atoms with Crippen LogP contribution in [0.4, 0.5) is 0 Å². The Morgan fingerprint density at radius 1 is 0.556 bits per heavy atom. The van der Waals surface area contributed by atoms with Crippen molar-refractivity contribution in [2.75, 3.05) is 0 Å². The van der Waals surface area contributed by atoms with Crippen LogP contribution in [0.25, 0.3) is 33.9 Å². The lowest BCUT2D eigenvalue weighted by molar-refractivity contribution is 0.992. The largest absolute Gasteiger partial charge is 0.213 e. The van der Waals surface area contributed by atoms with E-state index < -0.39 is 0 Å². The maximum Gasteiger partial charge on any atom is 0.163 e. The van der Waals surface area contributed by atoms with E-state index in [1.165, 1.54) is 5.56 Å². The number of aromatic nitrogens is 3. The first-order valence-corrected chi connectivity index (χ1v) is 8.63. The molecular formula is C22H15B2N3. The summed E-state index contributed by atoms with van der Waals surface area (Å²) in [5.74, 6) is 1.82. The third kappa shape index (κ3) is 3.82.